The lowest BCUT2D eigenvalue weighted by Gasteiger charge is -2.22. The van der Waals surface area contributed by atoms with E-state index in [0.29, 0.717) is 6.61 Å². The van der Waals surface area contributed by atoms with Gasteiger partial charge in [0.2, 0.25) is 0 Å². The number of carbonyl (C=O) groups is 1. The van der Waals surface area contributed by atoms with Crippen molar-refractivity contribution in [3.63, 3.8) is 0 Å². The molecular formula is C15H19N3O2. The molecule has 0 fully saturated rings. The maximum atomic E-state index is 11.7. The minimum absolute atomic E-state index is 0.155. The zero-order chi connectivity index (χ0) is 15.0. The average Bonchev–Trinajstić information content (AvgIpc) is 2.45. The molecule has 0 saturated carbocycles. The number of hydrogen-bond acceptors (Lipinski definition) is 3. The van der Waals surface area contributed by atoms with E-state index >= 15 is 0 Å². The molecule has 1 aromatic rings. The fraction of sp³-hybridized carbons (Fsp3) is 0.400. The van der Waals surface area contributed by atoms with Gasteiger partial charge in [0.15, 0.2) is 0 Å². The van der Waals surface area contributed by atoms with E-state index in [4.69, 9.17) is 10.3 Å². The molecule has 0 aliphatic carbocycles. The quantitative estimate of drug-likeness (QED) is 0.326. The van der Waals surface area contributed by atoms with E-state index < -0.39 is 0 Å². The van der Waals surface area contributed by atoms with Crippen LogP contribution in [0.15, 0.2) is 42.0 Å². The molecule has 5 heteroatoms. The van der Waals surface area contributed by atoms with Gasteiger partial charge in [-0.3, -0.25) is 4.79 Å². The van der Waals surface area contributed by atoms with E-state index in [1.54, 1.807) is 13.8 Å². The largest absolute Gasteiger partial charge is 0.466 e. The Hall–Kier alpha value is -2.26. The van der Waals surface area contributed by atoms with Crippen molar-refractivity contribution < 1.29 is 9.53 Å². The topological polar surface area (TPSA) is 75.1 Å². The lowest BCUT2D eigenvalue weighted by Crippen LogP contribution is -2.21. The van der Waals surface area contributed by atoms with Gasteiger partial charge in [-0.1, -0.05) is 48.9 Å². The van der Waals surface area contributed by atoms with Crippen LogP contribution in [0.4, 0.5) is 0 Å². The van der Waals surface area contributed by atoms with E-state index in [1.807, 2.05) is 30.3 Å². The summed E-state index contributed by atoms with van der Waals surface area (Å²) < 4.78 is 4.97. The molecule has 20 heavy (non-hydrogen) atoms. The molecule has 0 heterocycles. The molecule has 2 unspecified atom stereocenters. The molecule has 0 amide bonds. The van der Waals surface area contributed by atoms with Crippen molar-refractivity contribution in [3.05, 3.63) is 52.9 Å². The molecule has 2 atom stereocenters. The molecule has 0 aliphatic heterocycles. The number of carbonyl (C=O) groups excluding carboxylic acids is 1. The van der Waals surface area contributed by atoms with Crippen molar-refractivity contribution in [1.82, 2.24) is 0 Å². The Morgan fingerprint density at radius 2 is 2.10 bits per heavy atom. The van der Waals surface area contributed by atoms with Gasteiger partial charge in [0, 0.05) is 16.9 Å². The summed E-state index contributed by atoms with van der Waals surface area (Å²) in [6, 6.07) is 9.19. The number of rotatable bonds is 7. The van der Waals surface area contributed by atoms with E-state index in [2.05, 4.69) is 16.6 Å². The fourth-order valence-electron chi connectivity index (χ4n) is 2.01. The molecule has 0 spiro atoms. The first kappa shape index (κ1) is 15.8. The minimum Gasteiger partial charge on any atom is -0.466 e. The van der Waals surface area contributed by atoms with E-state index in [1.165, 1.54) is 0 Å². The van der Waals surface area contributed by atoms with Crippen LogP contribution in [0, 0.1) is 5.92 Å². The number of benzene rings is 1. The third-order valence-electron chi connectivity index (χ3n) is 3.10. The summed E-state index contributed by atoms with van der Waals surface area (Å²) in [5.74, 6) is -0.582. The van der Waals surface area contributed by atoms with Crippen molar-refractivity contribution in [3.8, 4) is 0 Å². The summed E-state index contributed by atoms with van der Waals surface area (Å²) >= 11 is 0. The maximum absolute atomic E-state index is 11.7. The summed E-state index contributed by atoms with van der Waals surface area (Å²) in [4.78, 5) is 14.5. The van der Waals surface area contributed by atoms with Crippen LogP contribution in [-0.2, 0) is 9.53 Å². The third kappa shape index (κ3) is 4.44. The average molecular weight is 273 g/mol. The van der Waals surface area contributed by atoms with Crippen molar-refractivity contribution in [1.29, 1.82) is 0 Å². The predicted octanol–water partition coefficient (Wildman–Crippen LogP) is 3.97. The van der Waals surface area contributed by atoms with Crippen molar-refractivity contribution >= 4 is 11.5 Å². The highest BCUT2D eigenvalue weighted by Crippen LogP contribution is 2.29. The third-order valence-corrected chi connectivity index (χ3v) is 3.10. The summed E-state index contributed by atoms with van der Waals surface area (Å²) in [5.41, 5.74) is 10.3. The Kier molecular flexibility index (Phi) is 6.33. The Bertz CT molecular complexity index is 507. The lowest BCUT2D eigenvalue weighted by atomic mass is 9.86. The smallest absolute Gasteiger partial charge is 0.306 e. The number of ether oxygens (including phenoxy) is 1. The van der Waals surface area contributed by atoms with Crippen LogP contribution in [0.5, 0.6) is 0 Å². The molecule has 5 nitrogen and oxygen atoms in total. The molecule has 106 valence electrons. The summed E-state index contributed by atoms with van der Waals surface area (Å²) in [6.07, 6.45) is 0.155. The maximum Gasteiger partial charge on any atom is 0.306 e. The molecule has 1 aromatic carbocycles. The molecule has 0 saturated heterocycles. The predicted molar refractivity (Wildman–Crippen MR) is 78.8 cm³/mol. The van der Waals surface area contributed by atoms with E-state index in [-0.39, 0.29) is 24.3 Å². The van der Waals surface area contributed by atoms with Crippen LogP contribution in [0.2, 0.25) is 0 Å². The number of nitrogens with zero attached hydrogens (tertiary/aromatic N) is 3. The van der Waals surface area contributed by atoms with Gasteiger partial charge in [-0.2, -0.15) is 0 Å². The van der Waals surface area contributed by atoms with Crippen molar-refractivity contribution in [2.75, 3.05) is 6.61 Å². The van der Waals surface area contributed by atoms with Gasteiger partial charge in [0.1, 0.15) is 0 Å². The highest BCUT2D eigenvalue weighted by molar-refractivity contribution is 5.75. The highest BCUT2D eigenvalue weighted by atomic mass is 16.5. The number of esters is 1. The van der Waals surface area contributed by atoms with Gasteiger partial charge in [0.05, 0.1) is 13.0 Å². The molecule has 0 bridgehead atoms. The first-order valence-corrected chi connectivity index (χ1v) is 6.54. The molecule has 0 radical (unpaired) electrons. The van der Waals surface area contributed by atoms with Crippen LogP contribution in [0.25, 0.3) is 16.0 Å². The first-order valence-electron chi connectivity index (χ1n) is 6.54. The van der Waals surface area contributed by atoms with Gasteiger partial charge >= 0.3 is 5.97 Å². The minimum atomic E-state index is -0.364. The number of hydrogen-bond donors (Lipinski definition) is 0. The zero-order valence-electron chi connectivity index (χ0n) is 11.8. The van der Waals surface area contributed by atoms with Crippen LogP contribution in [0.3, 0.4) is 0 Å². The SMILES string of the molecule is C=C(c1ccccc1)C(CC(=O)OCC)C(C)N=[N+]=[N-]. The summed E-state index contributed by atoms with van der Waals surface area (Å²) in [7, 11) is 0. The Labute approximate surface area is 118 Å². The van der Waals surface area contributed by atoms with E-state index in [9.17, 15) is 4.79 Å². The Balaban J connectivity index is 2.95. The summed E-state index contributed by atoms with van der Waals surface area (Å²) in [6.45, 7) is 7.92. The van der Waals surface area contributed by atoms with Gasteiger partial charge in [-0.25, -0.2) is 0 Å². The second-order valence-electron chi connectivity index (χ2n) is 4.45. The highest BCUT2D eigenvalue weighted by Gasteiger charge is 2.24. The Morgan fingerprint density at radius 3 is 2.65 bits per heavy atom. The van der Waals surface area contributed by atoms with Gasteiger partial charge in [0.25, 0.3) is 0 Å². The molecule has 1 rings (SSSR count). The standard InChI is InChI=1S/C15H19N3O2/c1-4-20-15(19)10-14(12(3)17-18-16)11(2)13-8-6-5-7-9-13/h5-9,12,14H,2,4,10H2,1,3H3. The molecular weight excluding hydrogens is 254 g/mol. The fourth-order valence-corrected chi connectivity index (χ4v) is 2.01. The normalized spacial score (nSPS) is 12.9. The van der Waals surface area contributed by atoms with Crippen LogP contribution < -0.4 is 0 Å². The first-order chi connectivity index (χ1) is 9.60. The number of azide groups is 1. The van der Waals surface area contributed by atoms with E-state index in [0.717, 1.165) is 11.1 Å². The van der Waals surface area contributed by atoms with Crippen molar-refractivity contribution in [2.45, 2.75) is 26.3 Å². The second-order valence-corrected chi connectivity index (χ2v) is 4.45. The monoisotopic (exact) mass is 273 g/mol. The molecule has 0 aromatic heterocycles. The van der Waals surface area contributed by atoms with Crippen LogP contribution in [-0.4, -0.2) is 18.6 Å². The lowest BCUT2D eigenvalue weighted by molar-refractivity contribution is -0.143. The summed E-state index contributed by atoms with van der Waals surface area (Å²) in [5, 5.41) is 3.70. The second kappa shape index (κ2) is 8.02. The van der Waals surface area contributed by atoms with Crippen LogP contribution >= 0.6 is 0 Å². The van der Waals surface area contributed by atoms with Crippen molar-refractivity contribution in [2.24, 2.45) is 11.0 Å². The molecule has 0 aliphatic rings. The van der Waals surface area contributed by atoms with Gasteiger partial charge < -0.3 is 4.74 Å². The van der Waals surface area contributed by atoms with Crippen LogP contribution in [0.1, 0.15) is 25.8 Å². The zero-order valence-corrected chi connectivity index (χ0v) is 11.8. The van der Waals surface area contributed by atoms with Gasteiger partial charge in [-0.05, 0) is 23.6 Å². The Morgan fingerprint density at radius 1 is 1.45 bits per heavy atom. The molecule has 0 N–H and O–H groups in total. The van der Waals surface area contributed by atoms with Gasteiger partial charge in [-0.15, -0.1) is 0 Å².